The quantitative estimate of drug-likeness (QED) is 0.677. The molecular formula is C12H12F3NO2S. The van der Waals surface area contributed by atoms with E-state index in [1.807, 2.05) is 0 Å². The predicted molar refractivity (Wildman–Crippen MR) is 68.4 cm³/mol. The third kappa shape index (κ3) is 5.25. The van der Waals surface area contributed by atoms with Crippen molar-refractivity contribution in [1.29, 1.82) is 0 Å². The molecule has 7 heteroatoms. The minimum atomic E-state index is -4.55. The summed E-state index contributed by atoms with van der Waals surface area (Å²) in [6.07, 6.45) is 0. The minimum absolute atomic E-state index is 0.0837. The van der Waals surface area contributed by atoms with Crippen molar-refractivity contribution in [2.45, 2.75) is 12.4 Å². The molecule has 0 heterocycles. The first-order chi connectivity index (χ1) is 8.83. The van der Waals surface area contributed by atoms with Crippen molar-refractivity contribution in [2.75, 3.05) is 12.4 Å². The number of nitrogens with one attached hydrogen (secondary N) is 1. The van der Waals surface area contributed by atoms with Crippen LogP contribution >= 0.6 is 11.8 Å². The maximum Gasteiger partial charge on any atom is 0.446 e. The Kier molecular flexibility index (Phi) is 5.29. The van der Waals surface area contributed by atoms with Gasteiger partial charge in [0, 0.05) is 11.4 Å². The first-order valence-electron chi connectivity index (χ1n) is 5.20. The molecule has 1 aromatic rings. The molecule has 0 fully saturated rings. The molecule has 104 valence electrons. The standard InChI is InChI=1S/C12H12F3NO2S/c1-8(16-9-6-4-3-5-7-9)10(11(17)18-2)19-12(13,14)15/h3-7,16H,1-2H3/b10-8-. The Morgan fingerprint density at radius 3 is 2.32 bits per heavy atom. The highest BCUT2D eigenvalue weighted by atomic mass is 32.2. The van der Waals surface area contributed by atoms with E-state index < -0.39 is 28.1 Å². The van der Waals surface area contributed by atoms with Gasteiger partial charge >= 0.3 is 11.5 Å². The Hall–Kier alpha value is -1.63. The van der Waals surface area contributed by atoms with Crippen molar-refractivity contribution in [3.8, 4) is 0 Å². The third-order valence-electron chi connectivity index (χ3n) is 2.03. The zero-order valence-corrected chi connectivity index (χ0v) is 11.1. The molecule has 0 aliphatic rings. The molecule has 1 rings (SSSR count). The van der Waals surface area contributed by atoms with E-state index in [1.54, 1.807) is 30.3 Å². The molecule has 0 radical (unpaired) electrons. The van der Waals surface area contributed by atoms with Crippen LogP contribution in [0.4, 0.5) is 18.9 Å². The van der Waals surface area contributed by atoms with E-state index in [0.717, 1.165) is 7.11 Å². The highest BCUT2D eigenvalue weighted by Crippen LogP contribution is 2.38. The first kappa shape index (κ1) is 15.4. The number of carbonyl (C=O) groups excluding carboxylic acids is 1. The molecule has 1 N–H and O–H groups in total. The Morgan fingerprint density at radius 1 is 1.26 bits per heavy atom. The minimum Gasteiger partial charge on any atom is -0.465 e. The molecule has 0 unspecified atom stereocenters. The highest BCUT2D eigenvalue weighted by Gasteiger charge is 2.34. The van der Waals surface area contributed by atoms with Crippen molar-refractivity contribution in [2.24, 2.45) is 0 Å². The molecule has 0 atom stereocenters. The van der Waals surface area contributed by atoms with Crippen LogP contribution in [0.3, 0.4) is 0 Å². The Labute approximate surface area is 112 Å². The number of methoxy groups -OCH3 is 1. The van der Waals surface area contributed by atoms with E-state index >= 15 is 0 Å². The van der Waals surface area contributed by atoms with Crippen LogP contribution in [0, 0.1) is 0 Å². The van der Waals surface area contributed by atoms with Crippen LogP contribution in [0.5, 0.6) is 0 Å². The van der Waals surface area contributed by atoms with Gasteiger partial charge in [-0.15, -0.1) is 0 Å². The summed E-state index contributed by atoms with van der Waals surface area (Å²) >= 11 is -0.496. The number of thioether (sulfide) groups is 1. The molecule has 19 heavy (non-hydrogen) atoms. The summed E-state index contributed by atoms with van der Waals surface area (Å²) in [5.74, 6) is -1.02. The van der Waals surface area contributed by atoms with Crippen LogP contribution in [0.1, 0.15) is 6.92 Å². The molecule has 0 spiro atoms. The summed E-state index contributed by atoms with van der Waals surface area (Å²) < 4.78 is 41.5. The largest absolute Gasteiger partial charge is 0.465 e. The fourth-order valence-corrected chi connectivity index (χ4v) is 1.88. The number of esters is 1. The summed E-state index contributed by atoms with van der Waals surface area (Å²) in [6, 6.07) is 8.58. The fraction of sp³-hybridized carbons (Fsp3) is 0.250. The zero-order chi connectivity index (χ0) is 14.5. The summed E-state index contributed by atoms with van der Waals surface area (Å²) in [7, 11) is 1.04. The average Bonchev–Trinajstić information content (AvgIpc) is 2.35. The van der Waals surface area contributed by atoms with Gasteiger partial charge in [0.05, 0.1) is 7.11 Å². The van der Waals surface area contributed by atoms with Crippen LogP contribution < -0.4 is 5.32 Å². The van der Waals surface area contributed by atoms with Crippen molar-refractivity contribution in [3.63, 3.8) is 0 Å². The van der Waals surface area contributed by atoms with E-state index in [0.29, 0.717) is 5.69 Å². The van der Waals surface area contributed by atoms with Gasteiger partial charge in [-0.25, -0.2) is 4.79 Å². The molecule has 3 nitrogen and oxygen atoms in total. The number of rotatable bonds is 4. The van der Waals surface area contributed by atoms with Crippen LogP contribution in [-0.4, -0.2) is 18.6 Å². The molecule has 0 amide bonds. The lowest BCUT2D eigenvalue weighted by Crippen LogP contribution is -2.13. The van der Waals surface area contributed by atoms with Crippen molar-refractivity contribution < 1.29 is 22.7 Å². The monoisotopic (exact) mass is 291 g/mol. The van der Waals surface area contributed by atoms with E-state index in [-0.39, 0.29) is 5.70 Å². The summed E-state index contributed by atoms with van der Waals surface area (Å²) in [5.41, 5.74) is -3.88. The van der Waals surface area contributed by atoms with Gasteiger partial charge in [0.15, 0.2) is 0 Å². The number of carbonyl (C=O) groups is 1. The molecule has 0 saturated heterocycles. The van der Waals surface area contributed by atoms with Gasteiger partial charge in [-0.3, -0.25) is 0 Å². The van der Waals surface area contributed by atoms with Gasteiger partial charge in [0.1, 0.15) is 4.91 Å². The lowest BCUT2D eigenvalue weighted by molar-refractivity contribution is -0.135. The van der Waals surface area contributed by atoms with Gasteiger partial charge in [0.25, 0.3) is 0 Å². The number of benzene rings is 1. The number of para-hydroxylation sites is 1. The molecule has 0 aliphatic heterocycles. The smallest absolute Gasteiger partial charge is 0.446 e. The molecule has 0 aromatic heterocycles. The molecular weight excluding hydrogens is 279 g/mol. The summed E-state index contributed by atoms with van der Waals surface area (Å²) in [4.78, 5) is 10.9. The number of hydrogen-bond donors (Lipinski definition) is 1. The fourth-order valence-electron chi connectivity index (χ4n) is 1.27. The van der Waals surface area contributed by atoms with E-state index in [9.17, 15) is 18.0 Å². The summed E-state index contributed by atoms with van der Waals surface area (Å²) in [5, 5.41) is 2.74. The van der Waals surface area contributed by atoms with E-state index in [1.165, 1.54) is 6.92 Å². The van der Waals surface area contributed by atoms with Crippen LogP contribution in [0.2, 0.25) is 0 Å². The van der Waals surface area contributed by atoms with Crippen molar-refractivity contribution in [1.82, 2.24) is 0 Å². The number of allylic oxidation sites excluding steroid dienone is 1. The second-order valence-electron chi connectivity index (χ2n) is 3.48. The molecule has 0 bridgehead atoms. The molecule has 0 saturated carbocycles. The zero-order valence-electron chi connectivity index (χ0n) is 10.2. The second-order valence-corrected chi connectivity index (χ2v) is 4.56. The normalized spacial score (nSPS) is 12.7. The number of hydrogen-bond acceptors (Lipinski definition) is 4. The lowest BCUT2D eigenvalue weighted by Gasteiger charge is -2.13. The van der Waals surface area contributed by atoms with Gasteiger partial charge in [0.2, 0.25) is 0 Å². The van der Waals surface area contributed by atoms with Gasteiger partial charge < -0.3 is 10.1 Å². The predicted octanol–water partition coefficient (Wildman–Crippen LogP) is 3.76. The van der Waals surface area contributed by atoms with E-state index in [2.05, 4.69) is 10.1 Å². The number of ether oxygens (including phenoxy) is 1. The number of halogens is 3. The van der Waals surface area contributed by atoms with Gasteiger partial charge in [-0.05, 0) is 30.8 Å². The molecule has 0 aliphatic carbocycles. The molecule has 1 aromatic carbocycles. The maximum atomic E-state index is 12.4. The SMILES string of the molecule is COC(=O)/C(SC(F)(F)F)=C(\C)Nc1ccccc1. The highest BCUT2D eigenvalue weighted by molar-refractivity contribution is 8.04. The topological polar surface area (TPSA) is 38.3 Å². The van der Waals surface area contributed by atoms with Gasteiger partial charge in [-0.2, -0.15) is 13.2 Å². The third-order valence-corrected chi connectivity index (χ3v) is 2.94. The average molecular weight is 291 g/mol. The van der Waals surface area contributed by atoms with Crippen LogP contribution in [-0.2, 0) is 9.53 Å². The Bertz CT molecular complexity index is 472. The van der Waals surface area contributed by atoms with Crippen molar-refractivity contribution in [3.05, 3.63) is 40.9 Å². The van der Waals surface area contributed by atoms with E-state index in [4.69, 9.17) is 0 Å². The lowest BCUT2D eigenvalue weighted by atomic mass is 10.3. The maximum absolute atomic E-state index is 12.4. The number of alkyl halides is 3. The summed E-state index contributed by atoms with van der Waals surface area (Å²) in [6.45, 7) is 1.39. The Morgan fingerprint density at radius 2 is 1.84 bits per heavy atom. The Balaban J connectivity index is 2.99. The van der Waals surface area contributed by atoms with Crippen molar-refractivity contribution >= 4 is 23.4 Å². The van der Waals surface area contributed by atoms with Crippen LogP contribution in [0.15, 0.2) is 40.9 Å². The second kappa shape index (κ2) is 6.51. The van der Waals surface area contributed by atoms with Crippen LogP contribution in [0.25, 0.3) is 0 Å². The first-order valence-corrected chi connectivity index (χ1v) is 6.02. The number of anilines is 1. The van der Waals surface area contributed by atoms with Gasteiger partial charge in [-0.1, -0.05) is 18.2 Å².